The molecule has 50 heavy (non-hydrogen) atoms. The van der Waals surface area contributed by atoms with E-state index in [1.165, 1.54) is 7.11 Å². The monoisotopic (exact) mass is 678 g/mol. The van der Waals surface area contributed by atoms with Crippen molar-refractivity contribution in [1.29, 1.82) is 0 Å². The van der Waals surface area contributed by atoms with Crippen molar-refractivity contribution in [2.45, 2.75) is 67.2 Å². The van der Waals surface area contributed by atoms with Crippen LogP contribution >= 0.6 is 0 Å². The second-order valence-electron chi connectivity index (χ2n) is 13.7. The standard InChI is InChI=1S/C40H46N4O6/c1-9-24-20(4)28-17-32-25(12-14-45)21(5)27(42-32)16-29-22(6)26(10-11-33(46)50-15-13-19(2)3)37(43-29)35-36(40(48)49-8)39(47)34-23(7)30(44-38(34)35)18-31(24)41-28/h12,14,16-18,22,26,36,41-45H,2,9-11,13,15H2,1,3-8H3/b14-12+,28-17-,29-16-,31-18-,37-35-/t22-,26-,36+/m0/s1. The van der Waals surface area contributed by atoms with Gasteiger partial charge in [-0.2, -0.15) is 0 Å². The van der Waals surface area contributed by atoms with Crippen LogP contribution in [0.25, 0.3) is 29.9 Å². The van der Waals surface area contributed by atoms with Crippen molar-refractivity contribution in [1.82, 2.24) is 20.3 Å². The van der Waals surface area contributed by atoms with Crippen LogP contribution in [0.1, 0.15) is 101 Å². The van der Waals surface area contributed by atoms with E-state index in [0.29, 0.717) is 35.4 Å². The minimum Gasteiger partial charge on any atom is -0.516 e. The summed E-state index contributed by atoms with van der Waals surface area (Å²) in [5.41, 5.74) is 11.3. The Kier molecular flexibility index (Phi) is 9.39. The summed E-state index contributed by atoms with van der Waals surface area (Å²) < 4.78 is 10.7. The molecule has 3 atom stereocenters. The van der Waals surface area contributed by atoms with Gasteiger partial charge in [0, 0.05) is 80.6 Å². The second kappa shape index (κ2) is 13.6. The number of rotatable bonds is 9. The predicted octanol–water partition coefficient (Wildman–Crippen LogP) is 5.54. The largest absolute Gasteiger partial charge is 0.516 e. The van der Waals surface area contributed by atoms with Gasteiger partial charge in [-0.15, -0.1) is 6.58 Å². The number of allylic oxidation sites excluding steroid dienone is 2. The first-order chi connectivity index (χ1) is 23.9. The van der Waals surface area contributed by atoms with Crippen LogP contribution in [0.15, 0.2) is 29.8 Å². The molecule has 10 heteroatoms. The van der Waals surface area contributed by atoms with Crippen LogP contribution in [-0.2, 0) is 25.5 Å². The third kappa shape index (κ3) is 5.86. The van der Waals surface area contributed by atoms with Crippen molar-refractivity contribution < 1.29 is 29.0 Å². The molecule has 0 saturated carbocycles. The molecule has 1 fully saturated rings. The normalized spacial score (nSPS) is 23.1. The van der Waals surface area contributed by atoms with Gasteiger partial charge in [0.15, 0.2) is 5.78 Å². The van der Waals surface area contributed by atoms with E-state index in [4.69, 9.17) is 9.47 Å². The molecule has 5 heterocycles. The topological polar surface area (TPSA) is 149 Å². The molecule has 262 valence electrons. The SMILES string of the molecule is C=C(C)CCOC(=O)CC[C@@H]1/C2=C3/c4[nH]c(c(C)c4C(=O)[C@@H]3C(=O)OC)/C=c3\[nH]/c(c(C)c3CC)=C\c3[nH]c(c(C)c3/C=C/O)/C=C(\N2)[C@H]1C. The molecule has 3 aliphatic rings. The third-order valence-electron chi connectivity index (χ3n) is 10.6. The minimum atomic E-state index is -1.16. The van der Waals surface area contributed by atoms with Crippen LogP contribution in [0, 0.1) is 38.5 Å². The fraction of sp³-hybridized carbons (Fsp3) is 0.375. The molecular weight excluding hydrogens is 632 g/mol. The van der Waals surface area contributed by atoms with E-state index in [0.717, 1.165) is 79.6 Å². The Morgan fingerprint density at radius 2 is 1.70 bits per heavy atom. The molecule has 8 bridgehead atoms. The van der Waals surface area contributed by atoms with Crippen molar-refractivity contribution in [2.24, 2.45) is 17.8 Å². The molecule has 0 aromatic carbocycles. The lowest BCUT2D eigenvalue weighted by atomic mass is 9.85. The summed E-state index contributed by atoms with van der Waals surface area (Å²) in [6.07, 6.45) is 10.8. The maximum Gasteiger partial charge on any atom is 0.321 e. The van der Waals surface area contributed by atoms with Gasteiger partial charge >= 0.3 is 11.9 Å². The highest BCUT2D eigenvalue weighted by atomic mass is 16.5. The Hall–Kier alpha value is -5.25. The molecule has 0 spiro atoms. The van der Waals surface area contributed by atoms with Crippen molar-refractivity contribution >= 4 is 47.6 Å². The van der Waals surface area contributed by atoms with Gasteiger partial charge < -0.3 is 34.8 Å². The van der Waals surface area contributed by atoms with Gasteiger partial charge in [-0.05, 0) is 87.1 Å². The number of aliphatic hydroxyl groups excluding tert-OH is 1. The van der Waals surface area contributed by atoms with Crippen molar-refractivity contribution in [2.75, 3.05) is 13.7 Å². The maximum atomic E-state index is 14.2. The lowest BCUT2D eigenvalue weighted by molar-refractivity contribution is -0.144. The molecule has 0 amide bonds. The van der Waals surface area contributed by atoms with Gasteiger partial charge in [0.2, 0.25) is 0 Å². The first-order valence-electron chi connectivity index (χ1n) is 17.2. The Balaban J connectivity index is 1.62. The van der Waals surface area contributed by atoms with Gasteiger partial charge in [-0.25, -0.2) is 0 Å². The molecule has 0 radical (unpaired) electrons. The van der Waals surface area contributed by atoms with E-state index in [2.05, 4.69) is 53.7 Å². The zero-order valence-corrected chi connectivity index (χ0v) is 29.8. The summed E-state index contributed by atoms with van der Waals surface area (Å²) in [4.78, 5) is 51.3. The van der Waals surface area contributed by atoms with Crippen LogP contribution in [0.5, 0.6) is 0 Å². The summed E-state index contributed by atoms with van der Waals surface area (Å²) >= 11 is 0. The molecular formula is C40H46N4O6. The predicted molar refractivity (Wildman–Crippen MR) is 194 cm³/mol. The molecule has 2 aliphatic heterocycles. The molecule has 1 aliphatic carbocycles. The number of esters is 2. The lowest BCUT2D eigenvalue weighted by Crippen LogP contribution is -2.25. The van der Waals surface area contributed by atoms with Crippen molar-refractivity contribution in [3.8, 4) is 0 Å². The Morgan fingerprint density at radius 1 is 0.980 bits per heavy atom. The second-order valence-corrected chi connectivity index (χ2v) is 13.7. The number of hydrogen-bond donors (Lipinski definition) is 5. The van der Waals surface area contributed by atoms with Gasteiger partial charge in [-0.3, -0.25) is 14.4 Å². The van der Waals surface area contributed by atoms with E-state index in [1.807, 2.05) is 32.9 Å². The zero-order chi connectivity index (χ0) is 36.0. The number of ketones is 1. The summed E-state index contributed by atoms with van der Waals surface area (Å²) in [7, 11) is 1.29. The highest BCUT2D eigenvalue weighted by Crippen LogP contribution is 2.48. The number of Topliss-reactive ketones (excluding diaryl/α,β-unsaturated/α-hetero) is 1. The van der Waals surface area contributed by atoms with E-state index in [1.54, 1.807) is 6.08 Å². The number of H-pyrrole nitrogens is 3. The van der Waals surface area contributed by atoms with Crippen LogP contribution in [-0.4, -0.2) is 51.5 Å². The minimum absolute atomic E-state index is 0.122. The third-order valence-corrected chi connectivity index (χ3v) is 10.6. The van der Waals surface area contributed by atoms with Gasteiger partial charge in [-0.1, -0.05) is 19.4 Å². The van der Waals surface area contributed by atoms with Gasteiger partial charge in [0.1, 0.15) is 5.92 Å². The molecule has 0 unspecified atom stereocenters. The number of hydrogen-bond acceptors (Lipinski definition) is 7. The average molecular weight is 679 g/mol. The Labute approximate surface area is 291 Å². The number of fused-ring (bicyclic) bond motifs is 7. The number of ether oxygens (including phenoxy) is 2. The van der Waals surface area contributed by atoms with Crippen molar-refractivity contribution in [3.05, 3.63) is 96.7 Å². The number of carbonyl (C=O) groups excluding carboxylic acids is 3. The summed E-state index contributed by atoms with van der Waals surface area (Å²) in [5, 5.41) is 15.3. The van der Waals surface area contributed by atoms with E-state index in [9.17, 15) is 19.5 Å². The maximum absolute atomic E-state index is 14.2. The lowest BCUT2D eigenvalue weighted by Gasteiger charge is -2.19. The fourth-order valence-electron chi connectivity index (χ4n) is 7.71. The quantitative estimate of drug-likeness (QED) is 0.0864. The van der Waals surface area contributed by atoms with Gasteiger partial charge in [0.05, 0.1) is 25.7 Å². The molecule has 6 rings (SSSR count). The first kappa shape index (κ1) is 34.6. The van der Waals surface area contributed by atoms with E-state index >= 15 is 0 Å². The van der Waals surface area contributed by atoms with Crippen LogP contribution in [0.2, 0.25) is 0 Å². The van der Waals surface area contributed by atoms with Crippen LogP contribution in [0.3, 0.4) is 0 Å². The number of aromatic nitrogens is 3. The van der Waals surface area contributed by atoms with E-state index in [-0.39, 0.29) is 36.6 Å². The molecule has 5 N–H and O–H groups in total. The summed E-state index contributed by atoms with van der Waals surface area (Å²) in [6.45, 7) is 16.2. The van der Waals surface area contributed by atoms with Crippen molar-refractivity contribution in [3.63, 3.8) is 0 Å². The fourth-order valence-corrected chi connectivity index (χ4v) is 7.71. The summed E-state index contributed by atoms with van der Waals surface area (Å²) in [5.74, 6) is -2.79. The average Bonchev–Trinajstić information content (AvgIpc) is 3.81. The molecule has 10 nitrogen and oxygen atoms in total. The molecule has 3 aromatic rings. The summed E-state index contributed by atoms with van der Waals surface area (Å²) in [6, 6.07) is 0. The number of carbonyl (C=O) groups is 3. The van der Waals surface area contributed by atoms with E-state index < -0.39 is 11.9 Å². The zero-order valence-electron chi connectivity index (χ0n) is 29.8. The number of aliphatic hydroxyl groups is 1. The highest BCUT2D eigenvalue weighted by Gasteiger charge is 2.48. The first-order valence-corrected chi connectivity index (χ1v) is 17.2. The Morgan fingerprint density at radius 3 is 2.38 bits per heavy atom. The number of nitrogens with one attached hydrogen (secondary N) is 4. The van der Waals surface area contributed by atoms with Crippen LogP contribution in [0.4, 0.5) is 0 Å². The molecule has 3 aromatic heterocycles. The Bertz CT molecular complexity index is 2150. The molecule has 1 saturated heterocycles. The number of methoxy groups -OCH3 is 1. The van der Waals surface area contributed by atoms with Gasteiger partial charge in [0.25, 0.3) is 0 Å². The smallest absolute Gasteiger partial charge is 0.321 e. The van der Waals surface area contributed by atoms with Crippen LogP contribution < -0.4 is 16.0 Å². The highest BCUT2D eigenvalue weighted by molar-refractivity contribution is 6.24. The number of aromatic amines is 3.